The van der Waals surface area contributed by atoms with Gasteiger partial charge in [-0.25, -0.2) is 0 Å². The van der Waals surface area contributed by atoms with Gasteiger partial charge < -0.3 is 9.53 Å². The Hall–Kier alpha value is -0.700. The molecule has 0 N–H and O–H groups in total. The first-order valence-electron chi connectivity index (χ1n) is 3.21. The van der Waals surface area contributed by atoms with E-state index in [2.05, 4.69) is 0 Å². The Morgan fingerprint density at radius 1 is 1.70 bits per heavy atom. The monoisotopic (exact) mass is 142 g/mol. The van der Waals surface area contributed by atoms with Gasteiger partial charge in [-0.05, 0) is 13.8 Å². The van der Waals surface area contributed by atoms with Crippen molar-refractivity contribution in [3.8, 4) is 0 Å². The summed E-state index contributed by atoms with van der Waals surface area (Å²) in [5.41, 5.74) is -0.744. The van der Waals surface area contributed by atoms with E-state index in [-0.39, 0.29) is 12.4 Å². The number of carbonyl (C=O) groups is 2. The lowest BCUT2D eigenvalue weighted by Crippen LogP contribution is -2.30. The van der Waals surface area contributed by atoms with Crippen molar-refractivity contribution in [3.63, 3.8) is 0 Å². The molecular formula is C7H10O3. The van der Waals surface area contributed by atoms with Gasteiger partial charge >= 0.3 is 0 Å². The Kier molecular flexibility index (Phi) is 1.60. The fourth-order valence-electron chi connectivity index (χ4n) is 0.992. The van der Waals surface area contributed by atoms with E-state index >= 15 is 0 Å². The Labute approximate surface area is 59.4 Å². The second-order valence-corrected chi connectivity index (χ2v) is 2.93. The summed E-state index contributed by atoms with van der Waals surface area (Å²) in [5.74, 6) is -0.641. The second kappa shape index (κ2) is 2.16. The number of hydrogen-bond donors (Lipinski definition) is 0. The molecule has 3 heteroatoms. The summed E-state index contributed by atoms with van der Waals surface area (Å²) < 4.78 is 5.08. The van der Waals surface area contributed by atoms with Gasteiger partial charge in [0.25, 0.3) is 0 Å². The summed E-state index contributed by atoms with van der Waals surface area (Å²) in [6, 6.07) is 0. The molecule has 56 valence electrons. The van der Waals surface area contributed by atoms with Crippen LogP contribution in [0.3, 0.4) is 0 Å². The number of hydrogen-bond acceptors (Lipinski definition) is 3. The van der Waals surface area contributed by atoms with Crippen LogP contribution in [0.4, 0.5) is 0 Å². The first-order valence-corrected chi connectivity index (χ1v) is 3.21. The van der Waals surface area contributed by atoms with Crippen LogP contribution in [0.15, 0.2) is 0 Å². The zero-order valence-electron chi connectivity index (χ0n) is 6.09. The highest BCUT2D eigenvalue weighted by Crippen LogP contribution is 2.23. The first-order chi connectivity index (χ1) is 4.58. The van der Waals surface area contributed by atoms with Gasteiger partial charge in [-0.1, -0.05) is 0 Å². The number of rotatable bonds is 1. The molecule has 10 heavy (non-hydrogen) atoms. The quantitative estimate of drug-likeness (QED) is 0.387. The molecule has 0 aliphatic carbocycles. The van der Waals surface area contributed by atoms with E-state index in [0.29, 0.717) is 6.29 Å². The van der Waals surface area contributed by atoms with Gasteiger partial charge in [0.1, 0.15) is 11.9 Å². The minimum Gasteiger partial charge on any atom is -0.367 e. The predicted molar refractivity (Wildman–Crippen MR) is 34.6 cm³/mol. The number of carbonyl (C=O) groups excluding carboxylic acids is 2. The molecule has 1 saturated heterocycles. The summed E-state index contributed by atoms with van der Waals surface area (Å²) >= 11 is 0. The second-order valence-electron chi connectivity index (χ2n) is 2.93. The molecule has 0 aromatic carbocycles. The van der Waals surface area contributed by atoms with Crippen LogP contribution in [0.2, 0.25) is 0 Å². The maximum absolute atomic E-state index is 11.1. The maximum Gasteiger partial charge on any atom is 0.176 e. The van der Waals surface area contributed by atoms with E-state index < -0.39 is 11.5 Å². The van der Waals surface area contributed by atoms with Crippen molar-refractivity contribution in [1.82, 2.24) is 0 Å². The van der Waals surface area contributed by atoms with E-state index in [1.807, 2.05) is 0 Å². The molecule has 0 amide bonds. The van der Waals surface area contributed by atoms with E-state index in [4.69, 9.17) is 4.74 Å². The zero-order chi connectivity index (χ0) is 7.78. The highest BCUT2D eigenvalue weighted by Gasteiger charge is 2.41. The minimum atomic E-state index is -0.744. The molecule has 3 nitrogen and oxygen atoms in total. The molecule has 1 rings (SSSR count). The van der Waals surface area contributed by atoms with Crippen molar-refractivity contribution in [2.75, 3.05) is 6.61 Å². The molecular weight excluding hydrogens is 132 g/mol. The smallest absolute Gasteiger partial charge is 0.176 e. The molecule has 0 saturated carbocycles. The number of aldehydes is 1. The van der Waals surface area contributed by atoms with E-state index in [1.165, 1.54) is 0 Å². The Morgan fingerprint density at radius 2 is 2.30 bits per heavy atom. The Morgan fingerprint density at radius 3 is 2.50 bits per heavy atom. The standard InChI is InChI=1S/C7H10O3/c1-7(2)6(9)5(3-8)4-10-7/h3,5H,4H2,1-2H3. The fraction of sp³-hybridized carbons (Fsp3) is 0.714. The lowest BCUT2D eigenvalue weighted by atomic mass is 9.97. The number of ether oxygens (including phenoxy) is 1. The van der Waals surface area contributed by atoms with E-state index in [9.17, 15) is 9.59 Å². The normalized spacial score (nSPS) is 30.6. The average molecular weight is 142 g/mol. The Balaban J connectivity index is 2.76. The summed E-state index contributed by atoms with van der Waals surface area (Å²) in [4.78, 5) is 21.3. The summed E-state index contributed by atoms with van der Waals surface area (Å²) in [7, 11) is 0. The van der Waals surface area contributed by atoms with Gasteiger partial charge in [-0.2, -0.15) is 0 Å². The molecule has 1 fully saturated rings. The summed E-state index contributed by atoms with van der Waals surface area (Å²) in [6.07, 6.45) is 0.650. The van der Waals surface area contributed by atoms with Crippen LogP contribution in [0, 0.1) is 5.92 Å². The summed E-state index contributed by atoms with van der Waals surface area (Å²) in [5, 5.41) is 0. The zero-order valence-corrected chi connectivity index (χ0v) is 6.09. The third-order valence-corrected chi connectivity index (χ3v) is 1.72. The van der Waals surface area contributed by atoms with Crippen molar-refractivity contribution in [3.05, 3.63) is 0 Å². The highest BCUT2D eigenvalue weighted by molar-refractivity contribution is 6.00. The van der Waals surface area contributed by atoms with Gasteiger partial charge in [-0.15, -0.1) is 0 Å². The minimum absolute atomic E-state index is 0.109. The average Bonchev–Trinajstić information content (AvgIpc) is 2.10. The lowest BCUT2D eigenvalue weighted by molar-refractivity contribution is -0.131. The third kappa shape index (κ3) is 0.968. The SMILES string of the molecule is CC1(C)OCC(C=O)C1=O. The molecule has 1 heterocycles. The van der Waals surface area contributed by atoms with E-state index in [1.54, 1.807) is 13.8 Å². The molecule has 1 atom stereocenters. The molecule has 0 aromatic heterocycles. The third-order valence-electron chi connectivity index (χ3n) is 1.72. The van der Waals surface area contributed by atoms with Gasteiger partial charge in [0.05, 0.1) is 12.5 Å². The van der Waals surface area contributed by atoms with Crippen molar-refractivity contribution < 1.29 is 14.3 Å². The van der Waals surface area contributed by atoms with Crippen molar-refractivity contribution in [2.45, 2.75) is 19.4 Å². The van der Waals surface area contributed by atoms with Crippen LogP contribution in [0.5, 0.6) is 0 Å². The predicted octanol–water partition coefficient (Wildman–Crippen LogP) is 0.179. The van der Waals surface area contributed by atoms with E-state index in [0.717, 1.165) is 0 Å². The lowest BCUT2D eigenvalue weighted by Gasteiger charge is -2.12. The summed E-state index contributed by atoms with van der Waals surface area (Å²) in [6.45, 7) is 3.60. The van der Waals surface area contributed by atoms with Crippen LogP contribution < -0.4 is 0 Å². The van der Waals surface area contributed by atoms with Crippen LogP contribution in [-0.2, 0) is 14.3 Å². The number of Topliss-reactive ketones (excluding diaryl/α,β-unsaturated/α-hetero) is 1. The van der Waals surface area contributed by atoms with Crippen molar-refractivity contribution in [1.29, 1.82) is 0 Å². The van der Waals surface area contributed by atoms with Gasteiger partial charge in [0.2, 0.25) is 0 Å². The highest BCUT2D eigenvalue weighted by atomic mass is 16.5. The maximum atomic E-state index is 11.1. The molecule has 0 aromatic rings. The van der Waals surface area contributed by atoms with Crippen LogP contribution in [0.25, 0.3) is 0 Å². The molecule has 0 bridgehead atoms. The number of ketones is 1. The first kappa shape index (κ1) is 7.41. The van der Waals surface area contributed by atoms with Gasteiger partial charge in [-0.3, -0.25) is 4.79 Å². The molecule has 1 unspecified atom stereocenters. The van der Waals surface area contributed by atoms with Crippen LogP contribution in [-0.4, -0.2) is 24.3 Å². The Bertz CT molecular complexity index is 172. The molecule has 0 radical (unpaired) electrons. The van der Waals surface area contributed by atoms with Gasteiger partial charge in [0.15, 0.2) is 5.78 Å². The van der Waals surface area contributed by atoms with Crippen molar-refractivity contribution in [2.24, 2.45) is 5.92 Å². The molecule has 1 aliphatic heterocycles. The molecule has 1 aliphatic rings. The van der Waals surface area contributed by atoms with Crippen molar-refractivity contribution >= 4 is 12.1 Å². The fourth-order valence-corrected chi connectivity index (χ4v) is 0.992. The largest absolute Gasteiger partial charge is 0.367 e. The molecule has 0 spiro atoms. The van der Waals surface area contributed by atoms with Gasteiger partial charge in [0, 0.05) is 0 Å². The topological polar surface area (TPSA) is 43.4 Å². The van der Waals surface area contributed by atoms with Crippen LogP contribution >= 0.6 is 0 Å². The van der Waals surface area contributed by atoms with Crippen LogP contribution in [0.1, 0.15) is 13.8 Å².